The number of fused-ring (bicyclic) bond motifs is 2. The van der Waals surface area contributed by atoms with Crippen LogP contribution in [0, 0.1) is 5.82 Å². The Kier molecular flexibility index (Phi) is 4.18. The van der Waals surface area contributed by atoms with Crippen molar-refractivity contribution in [1.82, 2.24) is 14.6 Å². The maximum atomic E-state index is 13.4. The molecule has 136 valence electrons. The molecule has 9 heteroatoms. The van der Waals surface area contributed by atoms with Gasteiger partial charge in [0.15, 0.2) is 16.7 Å². The summed E-state index contributed by atoms with van der Waals surface area (Å²) in [6.45, 7) is 0.257. The summed E-state index contributed by atoms with van der Waals surface area (Å²) in [5, 5.41) is 11.6. The second-order valence-electron chi connectivity index (χ2n) is 5.82. The number of rotatable bonds is 4. The van der Waals surface area contributed by atoms with E-state index >= 15 is 0 Å². The normalized spacial score (nSPS) is 12.8. The Morgan fingerprint density at radius 3 is 2.93 bits per heavy atom. The van der Waals surface area contributed by atoms with E-state index in [9.17, 15) is 4.39 Å². The van der Waals surface area contributed by atoms with Gasteiger partial charge in [0.2, 0.25) is 11.8 Å². The van der Waals surface area contributed by atoms with Crippen molar-refractivity contribution in [1.29, 1.82) is 0 Å². The van der Waals surface area contributed by atoms with E-state index in [0.29, 0.717) is 10.8 Å². The topological polar surface area (TPSA) is 48.7 Å². The van der Waals surface area contributed by atoms with Crippen LogP contribution in [-0.2, 0) is 5.75 Å². The van der Waals surface area contributed by atoms with Crippen LogP contribution in [0.1, 0.15) is 5.56 Å². The third-order valence-corrected chi connectivity index (χ3v) is 6.26. The standard InChI is InChI=1S/C18H11ClFN3O2S2/c19-13-6-11(20)2-3-12(13)14-8-27-18-22-21-17(23(14)18)26-7-10-1-4-15-16(5-10)25-9-24-15/h1-6,8H,7,9H2. The lowest BCUT2D eigenvalue weighted by molar-refractivity contribution is 0.174. The van der Waals surface area contributed by atoms with Crippen molar-refractivity contribution in [2.75, 3.05) is 6.79 Å². The number of halogens is 2. The Balaban J connectivity index is 1.46. The van der Waals surface area contributed by atoms with Crippen molar-refractivity contribution in [3.63, 3.8) is 0 Å². The Bertz CT molecular complexity index is 1160. The first-order chi connectivity index (χ1) is 13.2. The summed E-state index contributed by atoms with van der Waals surface area (Å²) < 4.78 is 26.1. The van der Waals surface area contributed by atoms with E-state index < -0.39 is 0 Å². The smallest absolute Gasteiger partial charge is 0.231 e. The van der Waals surface area contributed by atoms with Crippen LogP contribution in [0.3, 0.4) is 0 Å². The summed E-state index contributed by atoms with van der Waals surface area (Å²) >= 11 is 9.27. The highest BCUT2D eigenvalue weighted by Gasteiger charge is 2.17. The molecule has 1 aliphatic heterocycles. The van der Waals surface area contributed by atoms with Gasteiger partial charge in [0.25, 0.3) is 0 Å². The van der Waals surface area contributed by atoms with Crippen LogP contribution in [0.2, 0.25) is 5.02 Å². The molecule has 0 spiro atoms. The number of benzene rings is 2. The van der Waals surface area contributed by atoms with Gasteiger partial charge in [-0.3, -0.25) is 4.40 Å². The first kappa shape index (κ1) is 16.9. The van der Waals surface area contributed by atoms with Crippen LogP contribution in [0.4, 0.5) is 4.39 Å². The van der Waals surface area contributed by atoms with Crippen molar-refractivity contribution in [3.05, 3.63) is 58.2 Å². The van der Waals surface area contributed by atoms with Crippen LogP contribution in [0.5, 0.6) is 11.5 Å². The summed E-state index contributed by atoms with van der Waals surface area (Å²) in [5.74, 6) is 1.86. The minimum absolute atomic E-state index is 0.257. The molecular weight excluding hydrogens is 409 g/mol. The summed E-state index contributed by atoms with van der Waals surface area (Å²) in [7, 11) is 0. The number of aromatic nitrogens is 3. The lowest BCUT2D eigenvalue weighted by Crippen LogP contribution is -1.93. The molecule has 0 amide bonds. The number of thiazole rings is 1. The molecule has 0 bridgehead atoms. The Morgan fingerprint density at radius 1 is 1.15 bits per heavy atom. The molecule has 0 saturated carbocycles. The van der Waals surface area contributed by atoms with Crippen molar-refractivity contribution < 1.29 is 13.9 Å². The maximum absolute atomic E-state index is 13.4. The van der Waals surface area contributed by atoms with E-state index in [-0.39, 0.29) is 12.6 Å². The molecule has 0 radical (unpaired) electrons. The first-order valence-corrected chi connectivity index (χ1v) is 10.2. The van der Waals surface area contributed by atoms with Gasteiger partial charge in [-0.1, -0.05) is 29.4 Å². The highest BCUT2D eigenvalue weighted by Crippen LogP contribution is 2.36. The second-order valence-corrected chi connectivity index (χ2v) is 8.01. The highest BCUT2D eigenvalue weighted by atomic mass is 35.5. The molecule has 0 fully saturated rings. The molecule has 0 saturated heterocycles. The minimum atomic E-state index is -0.364. The molecule has 0 aliphatic carbocycles. The lowest BCUT2D eigenvalue weighted by Gasteiger charge is -2.06. The van der Waals surface area contributed by atoms with Gasteiger partial charge in [0.05, 0.1) is 10.7 Å². The molecular formula is C18H11ClFN3O2S2. The summed E-state index contributed by atoms with van der Waals surface area (Å²) in [4.78, 5) is 0.763. The van der Waals surface area contributed by atoms with Crippen LogP contribution in [0.15, 0.2) is 46.9 Å². The van der Waals surface area contributed by atoms with Crippen LogP contribution < -0.4 is 9.47 Å². The van der Waals surface area contributed by atoms with Crippen molar-refractivity contribution in [2.45, 2.75) is 10.9 Å². The molecule has 0 N–H and O–H groups in total. The van der Waals surface area contributed by atoms with Gasteiger partial charge in [-0.15, -0.1) is 21.5 Å². The molecule has 1 aliphatic rings. The van der Waals surface area contributed by atoms with E-state index in [4.69, 9.17) is 21.1 Å². The highest BCUT2D eigenvalue weighted by molar-refractivity contribution is 7.98. The van der Waals surface area contributed by atoms with Crippen molar-refractivity contribution in [3.8, 4) is 22.8 Å². The van der Waals surface area contributed by atoms with Gasteiger partial charge in [-0.2, -0.15) is 0 Å². The Hall–Kier alpha value is -2.29. The predicted molar refractivity (Wildman–Crippen MR) is 103 cm³/mol. The van der Waals surface area contributed by atoms with Gasteiger partial charge in [-0.25, -0.2) is 4.39 Å². The predicted octanol–water partition coefficient (Wildman–Crippen LogP) is 5.27. The van der Waals surface area contributed by atoms with E-state index in [2.05, 4.69) is 10.2 Å². The van der Waals surface area contributed by atoms with Crippen LogP contribution in [0.25, 0.3) is 16.2 Å². The number of nitrogens with zero attached hydrogens (tertiary/aromatic N) is 3. The van der Waals surface area contributed by atoms with Crippen molar-refractivity contribution in [2.24, 2.45) is 0 Å². The quantitative estimate of drug-likeness (QED) is 0.422. The molecule has 5 nitrogen and oxygen atoms in total. The maximum Gasteiger partial charge on any atom is 0.231 e. The fraction of sp³-hybridized carbons (Fsp3) is 0.111. The van der Waals surface area contributed by atoms with E-state index in [1.54, 1.807) is 17.8 Å². The zero-order valence-electron chi connectivity index (χ0n) is 13.7. The average Bonchev–Trinajstić information content (AvgIpc) is 3.36. The lowest BCUT2D eigenvalue weighted by atomic mass is 10.2. The third kappa shape index (κ3) is 3.03. The van der Waals surface area contributed by atoms with Gasteiger partial charge in [0, 0.05) is 16.7 Å². The molecule has 27 heavy (non-hydrogen) atoms. The van der Waals surface area contributed by atoms with Gasteiger partial charge < -0.3 is 9.47 Å². The van der Waals surface area contributed by atoms with Gasteiger partial charge in [0.1, 0.15) is 5.82 Å². The fourth-order valence-electron chi connectivity index (χ4n) is 2.85. The van der Waals surface area contributed by atoms with E-state index in [1.807, 2.05) is 28.0 Å². The van der Waals surface area contributed by atoms with Gasteiger partial charge in [-0.05, 0) is 35.9 Å². The van der Waals surface area contributed by atoms with Crippen LogP contribution in [-0.4, -0.2) is 21.4 Å². The molecule has 2 aromatic carbocycles. The first-order valence-electron chi connectivity index (χ1n) is 7.98. The third-order valence-electron chi connectivity index (χ3n) is 4.13. The molecule has 2 aromatic heterocycles. The number of ether oxygens (including phenoxy) is 2. The minimum Gasteiger partial charge on any atom is -0.454 e. The largest absolute Gasteiger partial charge is 0.454 e. The number of thioether (sulfide) groups is 1. The molecule has 0 atom stereocenters. The number of hydrogen-bond donors (Lipinski definition) is 0. The Labute approximate surface area is 166 Å². The number of hydrogen-bond acceptors (Lipinski definition) is 6. The molecule has 0 unspecified atom stereocenters. The second kappa shape index (κ2) is 6.70. The molecule has 3 heterocycles. The average molecular weight is 420 g/mol. The monoisotopic (exact) mass is 419 g/mol. The van der Waals surface area contributed by atoms with E-state index in [0.717, 1.165) is 38.4 Å². The molecule has 5 rings (SSSR count). The Morgan fingerprint density at radius 2 is 2.04 bits per heavy atom. The van der Waals surface area contributed by atoms with Crippen LogP contribution >= 0.6 is 34.7 Å². The van der Waals surface area contributed by atoms with E-state index in [1.165, 1.54) is 23.5 Å². The SMILES string of the molecule is Fc1ccc(-c2csc3nnc(SCc4ccc5c(c4)OCO5)n23)c(Cl)c1. The van der Waals surface area contributed by atoms with Crippen molar-refractivity contribution >= 4 is 39.7 Å². The molecule has 4 aromatic rings. The zero-order valence-corrected chi connectivity index (χ0v) is 16.1. The summed E-state index contributed by atoms with van der Waals surface area (Å²) in [6, 6.07) is 10.3. The zero-order chi connectivity index (χ0) is 18.4. The summed E-state index contributed by atoms with van der Waals surface area (Å²) in [6.07, 6.45) is 0. The summed E-state index contributed by atoms with van der Waals surface area (Å²) in [5.41, 5.74) is 2.69. The van der Waals surface area contributed by atoms with Gasteiger partial charge >= 0.3 is 0 Å². The fourth-order valence-corrected chi connectivity index (χ4v) is 4.89.